The number of carbonyl (C=O) groups excluding carboxylic acids is 1. The van der Waals surface area contributed by atoms with Gasteiger partial charge in [-0.1, -0.05) is 24.3 Å². The largest absolute Gasteiger partial charge is 0.357 e. The molecule has 0 unspecified atom stereocenters. The predicted molar refractivity (Wildman–Crippen MR) is 108 cm³/mol. The van der Waals surface area contributed by atoms with Crippen molar-refractivity contribution in [3.05, 3.63) is 35.4 Å². The fourth-order valence-electron chi connectivity index (χ4n) is 2.97. The molecule has 27 heavy (non-hydrogen) atoms. The van der Waals surface area contributed by atoms with Gasteiger partial charge in [0.05, 0.1) is 12.3 Å². The first-order valence-electron chi connectivity index (χ1n) is 9.43. The highest BCUT2D eigenvalue weighted by atomic mass is 32.2. The van der Waals surface area contributed by atoms with Crippen LogP contribution < -0.4 is 10.6 Å². The van der Waals surface area contributed by atoms with Gasteiger partial charge in [0, 0.05) is 38.9 Å². The topological polar surface area (TPSA) is 90.9 Å². The number of likely N-dealkylation sites (tertiary alicyclic amines) is 1. The second kappa shape index (κ2) is 10.3. The van der Waals surface area contributed by atoms with Crippen LogP contribution in [0.3, 0.4) is 0 Å². The van der Waals surface area contributed by atoms with Gasteiger partial charge in [-0.2, -0.15) is 0 Å². The lowest BCUT2D eigenvalue weighted by Crippen LogP contribution is -2.39. The number of nitrogens with one attached hydrogen (secondary N) is 2. The number of amides is 1. The van der Waals surface area contributed by atoms with Crippen LogP contribution >= 0.6 is 0 Å². The van der Waals surface area contributed by atoms with E-state index in [1.54, 1.807) is 0 Å². The first kappa shape index (κ1) is 21.2. The van der Waals surface area contributed by atoms with E-state index in [1.807, 2.05) is 36.1 Å². The smallest absolute Gasteiger partial charge is 0.222 e. The summed E-state index contributed by atoms with van der Waals surface area (Å²) in [5, 5.41) is 6.51. The second-order valence-corrected chi connectivity index (χ2v) is 8.99. The first-order valence-corrected chi connectivity index (χ1v) is 11.5. The van der Waals surface area contributed by atoms with Crippen LogP contribution in [0.15, 0.2) is 29.3 Å². The molecule has 0 radical (unpaired) electrons. The Morgan fingerprint density at radius 3 is 2.48 bits per heavy atom. The number of hydrogen-bond donors (Lipinski definition) is 2. The molecule has 1 aliphatic rings. The third-order valence-electron chi connectivity index (χ3n) is 4.28. The van der Waals surface area contributed by atoms with E-state index in [2.05, 4.69) is 15.6 Å². The number of hydrogen-bond acceptors (Lipinski definition) is 4. The van der Waals surface area contributed by atoms with E-state index in [0.29, 0.717) is 13.0 Å². The van der Waals surface area contributed by atoms with E-state index >= 15 is 0 Å². The van der Waals surface area contributed by atoms with Crippen molar-refractivity contribution in [2.45, 2.75) is 38.5 Å². The molecule has 0 aromatic heterocycles. The number of aliphatic imine (C=N–C) groups is 1. The molecule has 0 aliphatic carbocycles. The third-order valence-corrected chi connectivity index (χ3v) is 5.14. The molecule has 1 fully saturated rings. The van der Waals surface area contributed by atoms with Gasteiger partial charge < -0.3 is 15.5 Å². The summed E-state index contributed by atoms with van der Waals surface area (Å²) in [4.78, 5) is 18.1. The Balaban J connectivity index is 1.80. The van der Waals surface area contributed by atoms with Gasteiger partial charge in [-0.3, -0.25) is 4.79 Å². The van der Waals surface area contributed by atoms with Crippen LogP contribution in [0.25, 0.3) is 0 Å². The summed E-state index contributed by atoms with van der Waals surface area (Å²) in [6, 6.07) is 7.48. The van der Waals surface area contributed by atoms with Gasteiger partial charge in [0.2, 0.25) is 5.91 Å². The van der Waals surface area contributed by atoms with Crippen LogP contribution in [-0.2, 0) is 26.9 Å². The van der Waals surface area contributed by atoms with Crippen molar-refractivity contribution in [1.29, 1.82) is 0 Å². The van der Waals surface area contributed by atoms with Gasteiger partial charge in [0.15, 0.2) is 15.8 Å². The molecule has 0 saturated carbocycles. The number of nitrogens with zero attached hydrogens (tertiary/aromatic N) is 2. The van der Waals surface area contributed by atoms with E-state index in [0.717, 1.165) is 56.1 Å². The van der Waals surface area contributed by atoms with Crippen molar-refractivity contribution < 1.29 is 13.2 Å². The van der Waals surface area contributed by atoms with Crippen LogP contribution in [0.1, 0.15) is 37.3 Å². The summed E-state index contributed by atoms with van der Waals surface area (Å²) in [6.07, 6.45) is 3.77. The van der Waals surface area contributed by atoms with Gasteiger partial charge in [-0.05, 0) is 30.9 Å². The summed E-state index contributed by atoms with van der Waals surface area (Å²) >= 11 is 0. The maximum absolute atomic E-state index is 11.6. The Hall–Kier alpha value is -2.09. The molecule has 1 heterocycles. The quantitative estimate of drug-likeness (QED) is 0.374. The Kier molecular flexibility index (Phi) is 8.09. The van der Waals surface area contributed by atoms with Crippen LogP contribution in [0, 0.1) is 0 Å². The van der Waals surface area contributed by atoms with E-state index < -0.39 is 9.84 Å². The number of rotatable bonds is 9. The summed E-state index contributed by atoms with van der Waals surface area (Å²) in [5.74, 6) is 1.06. The van der Waals surface area contributed by atoms with E-state index in [1.165, 1.54) is 6.26 Å². The summed E-state index contributed by atoms with van der Waals surface area (Å²) in [7, 11) is -3.02. The Morgan fingerprint density at radius 1 is 1.19 bits per heavy atom. The Bertz CT molecular complexity index is 745. The average Bonchev–Trinajstić information content (AvgIpc) is 3.01. The highest BCUT2D eigenvalue weighted by Gasteiger charge is 2.18. The lowest BCUT2D eigenvalue weighted by Gasteiger charge is -2.16. The lowest BCUT2D eigenvalue weighted by molar-refractivity contribution is -0.127. The standard InChI is InChI=1S/C19H30N4O3S/c1-3-20-19(21-11-5-13-23-12-4-6-18(23)24)22-14-16-7-9-17(10-8-16)15-27(2,25)26/h7-10H,3-6,11-15H2,1-2H3,(H2,20,21,22). The molecule has 0 atom stereocenters. The molecule has 0 bridgehead atoms. The molecule has 1 amide bonds. The molecular weight excluding hydrogens is 364 g/mol. The average molecular weight is 395 g/mol. The van der Waals surface area contributed by atoms with Gasteiger partial charge in [-0.25, -0.2) is 13.4 Å². The maximum Gasteiger partial charge on any atom is 0.222 e. The number of benzene rings is 1. The highest BCUT2D eigenvalue weighted by Crippen LogP contribution is 2.10. The molecule has 2 rings (SSSR count). The van der Waals surface area contributed by atoms with E-state index in [4.69, 9.17) is 0 Å². The molecular formula is C19H30N4O3S. The monoisotopic (exact) mass is 394 g/mol. The second-order valence-electron chi connectivity index (χ2n) is 6.85. The number of carbonyl (C=O) groups is 1. The minimum atomic E-state index is -3.02. The van der Waals surface area contributed by atoms with Crippen LogP contribution in [0.4, 0.5) is 0 Å². The summed E-state index contributed by atoms with van der Waals surface area (Å²) in [5.41, 5.74) is 1.80. The van der Waals surface area contributed by atoms with Gasteiger partial charge in [0.1, 0.15) is 0 Å². The van der Waals surface area contributed by atoms with E-state index in [9.17, 15) is 13.2 Å². The molecule has 1 saturated heterocycles. The third kappa shape index (κ3) is 7.99. The number of sulfone groups is 1. The predicted octanol–water partition coefficient (Wildman–Crippen LogP) is 1.30. The van der Waals surface area contributed by atoms with Crippen molar-refractivity contribution >= 4 is 21.7 Å². The first-order chi connectivity index (χ1) is 12.9. The molecule has 1 aromatic carbocycles. The zero-order valence-electron chi connectivity index (χ0n) is 16.2. The zero-order chi connectivity index (χ0) is 19.7. The van der Waals surface area contributed by atoms with Crippen LogP contribution in [0.2, 0.25) is 0 Å². The Morgan fingerprint density at radius 2 is 1.89 bits per heavy atom. The van der Waals surface area contributed by atoms with Crippen molar-refractivity contribution in [1.82, 2.24) is 15.5 Å². The zero-order valence-corrected chi connectivity index (χ0v) is 17.0. The van der Waals surface area contributed by atoms with Crippen LogP contribution in [0.5, 0.6) is 0 Å². The molecule has 7 nitrogen and oxygen atoms in total. The highest BCUT2D eigenvalue weighted by molar-refractivity contribution is 7.89. The van der Waals surface area contributed by atoms with Crippen molar-refractivity contribution in [3.8, 4) is 0 Å². The van der Waals surface area contributed by atoms with Gasteiger partial charge in [-0.15, -0.1) is 0 Å². The van der Waals surface area contributed by atoms with Crippen molar-refractivity contribution in [2.24, 2.45) is 4.99 Å². The SMILES string of the molecule is CCNC(=NCc1ccc(CS(C)(=O)=O)cc1)NCCCN1CCCC1=O. The molecule has 8 heteroatoms. The minimum absolute atomic E-state index is 0.0558. The van der Waals surface area contributed by atoms with Gasteiger partial charge in [0.25, 0.3) is 0 Å². The lowest BCUT2D eigenvalue weighted by atomic mass is 10.1. The molecule has 2 N–H and O–H groups in total. The normalized spacial score (nSPS) is 15.3. The van der Waals surface area contributed by atoms with E-state index in [-0.39, 0.29) is 11.7 Å². The number of guanidine groups is 1. The fraction of sp³-hybridized carbons (Fsp3) is 0.579. The molecule has 1 aliphatic heterocycles. The summed E-state index contributed by atoms with van der Waals surface area (Å²) < 4.78 is 22.7. The Labute approximate surface area is 162 Å². The molecule has 0 spiro atoms. The molecule has 150 valence electrons. The van der Waals surface area contributed by atoms with Gasteiger partial charge >= 0.3 is 0 Å². The maximum atomic E-state index is 11.6. The summed E-state index contributed by atoms with van der Waals surface area (Å²) in [6.45, 7) is 5.71. The molecule has 1 aromatic rings. The minimum Gasteiger partial charge on any atom is -0.357 e. The van der Waals surface area contributed by atoms with Crippen molar-refractivity contribution in [3.63, 3.8) is 0 Å². The van der Waals surface area contributed by atoms with Crippen LogP contribution in [-0.4, -0.2) is 57.6 Å². The van der Waals surface area contributed by atoms with Crippen molar-refractivity contribution in [2.75, 3.05) is 32.4 Å². The fourth-order valence-corrected chi connectivity index (χ4v) is 3.77.